The van der Waals surface area contributed by atoms with Crippen molar-refractivity contribution in [3.05, 3.63) is 65.0 Å². The molecule has 2 aromatic rings. The van der Waals surface area contributed by atoms with Crippen LogP contribution in [0.3, 0.4) is 0 Å². The van der Waals surface area contributed by atoms with Crippen LogP contribution in [0.25, 0.3) is 0 Å². The largest absolute Gasteiger partial charge is 0.324 e. The zero-order valence-corrected chi connectivity index (χ0v) is 14.1. The lowest BCUT2D eigenvalue weighted by molar-refractivity contribution is 0.217. The van der Waals surface area contributed by atoms with Crippen LogP contribution in [0.1, 0.15) is 30.9 Å². The number of anilines is 1. The van der Waals surface area contributed by atoms with E-state index in [9.17, 15) is 18.0 Å². The van der Waals surface area contributed by atoms with Gasteiger partial charge in [-0.3, -0.25) is 4.90 Å². The summed E-state index contributed by atoms with van der Waals surface area (Å²) in [5.74, 6) is -2.54. The highest BCUT2D eigenvalue weighted by atomic mass is 19.1. The number of nitrogens with zero attached hydrogens (tertiary/aromatic N) is 2. The first-order chi connectivity index (χ1) is 11.9. The molecule has 25 heavy (non-hydrogen) atoms. The van der Waals surface area contributed by atoms with Gasteiger partial charge in [-0.15, -0.1) is 0 Å². The van der Waals surface area contributed by atoms with Crippen molar-refractivity contribution < 1.29 is 18.0 Å². The maximum Gasteiger partial charge on any atom is 0.324 e. The molecule has 0 saturated carbocycles. The summed E-state index contributed by atoms with van der Waals surface area (Å²) in [5, 5.41) is 0. The Morgan fingerprint density at radius 2 is 1.60 bits per heavy atom. The fourth-order valence-corrected chi connectivity index (χ4v) is 2.92. The van der Waals surface area contributed by atoms with Crippen molar-refractivity contribution in [3.63, 3.8) is 0 Å². The minimum absolute atomic E-state index is 0.225. The van der Waals surface area contributed by atoms with E-state index in [0.717, 1.165) is 5.69 Å². The molecular formula is C19H19F3N2O. The second-order valence-electron chi connectivity index (χ2n) is 6.45. The molecule has 0 spiro atoms. The van der Waals surface area contributed by atoms with Crippen LogP contribution in [0.15, 0.2) is 36.4 Å². The van der Waals surface area contributed by atoms with Gasteiger partial charge in [0.15, 0.2) is 0 Å². The van der Waals surface area contributed by atoms with Crippen LogP contribution in [0.5, 0.6) is 0 Å². The molecule has 2 amide bonds. The summed E-state index contributed by atoms with van der Waals surface area (Å²) >= 11 is 0. The van der Waals surface area contributed by atoms with E-state index in [2.05, 4.69) is 13.8 Å². The van der Waals surface area contributed by atoms with Crippen LogP contribution in [0.2, 0.25) is 0 Å². The fraction of sp³-hybridized carbons (Fsp3) is 0.316. The number of benzene rings is 2. The van der Waals surface area contributed by atoms with Crippen molar-refractivity contribution in [2.45, 2.75) is 26.3 Å². The Hall–Kier alpha value is -2.50. The van der Waals surface area contributed by atoms with E-state index >= 15 is 0 Å². The van der Waals surface area contributed by atoms with Crippen LogP contribution in [0.4, 0.5) is 23.7 Å². The molecule has 0 N–H and O–H groups in total. The number of amides is 2. The smallest absolute Gasteiger partial charge is 0.318 e. The molecule has 2 aromatic carbocycles. The fourth-order valence-electron chi connectivity index (χ4n) is 2.92. The van der Waals surface area contributed by atoms with Gasteiger partial charge in [-0.1, -0.05) is 26.0 Å². The Morgan fingerprint density at radius 1 is 1.00 bits per heavy atom. The van der Waals surface area contributed by atoms with Crippen molar-refractivity contribution in [3.8, 4) is 0 Å². The van der Waals surface area contributed by atoms with Gasteiger partial charge in [0.05, 0.1) is 6.54 Å². The van der Waals surface area contributed by atoms with Crippen LogP contribution >= 0.6 is 0 Å². The summed E-state index contributed by atoms with van der Waals surface area (Å²) < 4.78 is 40.6. The highest BCUT2D eigenvalue weighted by Crippen LogP contribution is 2.25. The standard InChI is InChI=1S/C19H19F3N2O/c1-12(2)13-3-5-15(6-4-13)24-8-7-23(19(24)25)11-16-17(21)9-14(20)10-18(16)22/h3-6,9-10,12H,7-8,11H2,1-2H3. The van der Waals surface area contributed by atoms with Crippen LogP contribution in [-0.4, -0.2) is 24.0 Å². The molecule has 0 aromatic heterocycles. The summed E-state index contributed by atoms with van der Waals surface area (Å²) in [6.07, 6.45) is 0. The first kappa shape index (κ1) is 17.3. The van der Waals surface area contributed by atoms with Crippen LogP contribution in [-0.2, 0) is 6.54 Å². The van der Waals surface area contributed by atoms with Crippen molar-refractivity contribution >= 4 is 11.7 Å². The van der Waals surface area contributed by atoms with Crippen molar-refractivity contribution in [1.82, 2.24) is 4.90 Å². The van der Waals surface area contributed by atoms with E-state index in [0.29, 0.717) is 31.1 Å². The minimum Gasteiger partial charge on any atom is -0.318 e. The van der Waals surface area contributed by atoms with Gasteiger partial charge in [-0.2, -0.15) is 0 Å². The van der Waals surface area contributed by atoms with Gasteiger partial charge in [0.25, 0.3) is 0 Å². The lowest BCUT2D eigenvalue weighted by atomic mass is 10.0. The zero-order chi connectivity index (χ0) is 18.1. The van der Waals surface area contributed by atoms with Gasteiger partial charge in [-0.25, -0.2) is 18.0 Å². The third kappa shape index (κ3) is 3.48. The SMILES string of the molecule is CC(C)c1ccc(N2CCN(Cc3c(F)cc(F)cc3F)C2=O)cc1. The van der Waals surface area contributed by atoms with E-state index in [1.165, 1.54) is 10.5 Å². The second kappa shape index (κ2) is 6.78. The summed E-state index contributed by atoms with van der Waals surface area (Å²) in [5.41, 5.74) is 1.62. The number of carbonyl (C=O) groups excluding carboxylic acids is 1. The molecule has 132 valence electrons. The predicted molar refractivity (Wildman–Crippen MR) is 90.0 cm³/mol. The highest BCUT2D eigenvalue weighted by molar-refractivity contribution is 5.94. The lowest BCUT2D eigenvalue weighted by Gasteiger charge is -2.20. The number of urea groups is 1. The topological polar surface area (TPSA) is 23.6 Å². The molecule has 1 saturated heterocycles. The molecule has 6 heteroatoms. The molecular weight excluding hydrogens is 329 g/mol. The van der Waals surface area contributed by atoms with E-state index in [4.69, 9.17) is 0 Å². The normalized spacial score (nSPS) is 14.7. The Bertz CT molecular complexity index is 767. The zero-order valence-electron chi connectivity index (χ0n) is 14.1. The average Bonchev–Trinajstić information content (AvgIpc) is 2.91. The molecule has 0 bridgehead atoms. The Kier molecular flexibility index (Phi) is 4.70. The Balaban J connectivity index is 1.76. The third-order valence-corrected chi connectivity index (χ3v) is 4.42. The van der Waals surface area contributed by atoms with E-state index in [-0.39, 0.29) is 18.1 Å². The average molecular weight is 348 g/mol. The van der Waals surface area contributed by atoms with Gasteiger partial charge in [-0.05, 0) is 23.6 Å². The highest BCUT2D eigenvalue weighted by Gasteiger charge is 2.31. The first-order valence-electron chi connectivity index (χ1n) is 8.16. The number of hydrogen-bond donors (Lipinski definition) is 0. The number of carbonyl (C=O) groups is 1. The van der Waals surface area contributed by atoms with Gasteiger partial charge in [0.1, 0.15) is 17.5 Å². The van der Waals surface area contributed by atoms with Gasteiger partial charge in [0, 0.05) is 36.5 Å². The van der Waals surface area contributed by atoms with Crippen LogP contribution in [0, 0.1) is 17.5 Å². The number of halogens is 3. The molecule has 0 radical (unpaired) electrons. The molecule has 3 nitrogen and oxygen atoms in total. The van der Waals surface area contributed by atoms with E-state index in [1.807, 2.05) is 24.3 Å². The van der Waals surface area contributed by atoms with E-state index in [1.54, 1.807) is 4.90 Å². The van der Waals surface area contributed by atoms with Crippen molar-refractivity contribution in [2.75, 3.05) is 18.0 Å². The molecule has 1 fully saturated rings. The molecule has 0 atom stereocenters. The van der Waals surface area contributed by atoms with Crippen molar-refractivity contribution in [2.24, 2.45) is 0 Å². The minimum atomic E-state index is -0.981. The number of hydrogen-bond acceptors (Lipinski definition) is 1. The van der Waals surface area contributed by atoms with E-state index < -0.39 is 17.5 Å². The van der Waals surface area contributed by atoms with Gasteiger partial charge >= 0.3 is 6.03 Å². The number of rotatable bonds is 4. The quantitative estimate of drug-likeness (QED) is 0.788. The lowest BCUT2D eigenvalue weighted by Crippen LogP contribution is -2.32. The maximum atomic E-state index is 13.8. The molecule has 1 aliphatic heterocycles. The monoisotopic (exact) mass is 348 g/mol. The van der Waals surface area contributed by atoms with Gasteiger partial charge in [0.2, 0.25) is 0 Å². The van der Waals surface area contributed by atoms with Crippen molar-refractivity contribution in [1.29, 1.82) is 0 Å². The summed E-state index contributed by atoms with van der Waals surface area (Å²) in [7, 11) is 0. The first-order valence-corrected chi connectivity index (χ1v) is 8.16. The molecule has 3 rings (SSSR count). The molecule has 1 aliphatic rings. The summed E-state index contributed by atoms with van der Waals surface area (Å²) in [6.45, 7) is 4.73. The Morgan fingerprint density at radius 3 is 2.16 bits per heavy atom. The molecule has 0 aliphatic carbocycles. The van der Waals surface area contributed by atoms with Gasteiger partial charge < -0.3 is 4.90 Å². The maximum absolute atomic E-state index is 13.8. The summed E-state index contributed by atoms with van der Waals surface area (Å²) in [6, 6.07) is 8.61. The molecule has 1 heterocycles. The summed E-state index contributed by atoms with van der Waals surface area (Å²) in [4.78, 5) is 15.5. The predicted octanol–water partition coefficient (Wildman–Crippen LogP) is 4.67. The molecule has 0 unspecified atom stereocenters. The Labute approximate surface area is 144 Å². The van der Waals surface area contributed by atoms with Crippen LogP contribution < -0.4 is 4.90 Å². The third-order valence-electron chi connectivity index (χ3n) is 4.42. The second-order valence-corrected chi connectivity index (χ2v) is 6.45.